The third kappa shape index (κ3) is 3.17. The highest BCUT2D eigenvalue weighted by Gasteiger charge is 2.20. The summed E-state index contributed by atoms with van der Waals surface area (Å²) in [5.74, 6) is 1.63. The lowest BCUT2D eigenvalue weighted by Crippen LogP contribution is -2.27. The Labute approximate surface area is 105 Å². The maximum Gasteiger partial charge on any atom is 0.222 e. The fraction of sp³-hybridized carbons (Fsp3) is 0.667. The quantitative estimate of drug-likeness (QED) is 0.921. The highest BCUT2D eigenvalue weighted by molar-refractivity contribution is 9.10. The van der Waals surface area contributed by atoms with E-state index >= 15 is 0 Å². The third-order valence-electron chi connectivity index (χ3n) is 3.31. The average Bonchev–Trinajstić information content (AvgIpc) is 2.32. The Bertz CT molecular complexity index is 326. The lowest BCUT2D eigenvalue weighted by molar-refractivity contribution is 0.326. The number of nitrogens with one attached hydrogen (secondary N) is 1. The Hall–Kier alpha value is -0.640. The van der Waals surface area contributed by atoms with Crippen LogP contribution in [0.4, 0.5) is 5.95 Å². The molecule has 1 aliphatic carbocycles. The van der Waals surface area contributed by atoms with E-state index in [1.807, 2.05) is 0 Å². The van der Waals surface area contributed by atoms with Crippen LogP contribution in [0, 0.1) is 5.92 Å². The molecule has 0 bridgehead atoms. The molecule has 88 valence electrons. The summed E-state index contributed by atoms with van der Waals surface area (Å²) in [6.07, 6.45) is 10.1. The Morgan fingerprint density at radius 3 is 2.81 bits per heavy atom. The van der Waals surface area contributed by atoms with Crippen LogP contribution in [0.15, 0.2) is 16.9 Å². The van der Waals surface area contributed by atoms with Gasteiger partial charge in [0.15, 0.2) is 0 Å². The van der Waals surface area contributed by atoms with Crippen molar-refractivity contribution in [2.75, 3.05) is 5.32 Å². The minimum atomic E-state index is 0.555. The normalized spacial score (nSPS) is 25.4. The van der Waals surface area contributed by atoms with Gasteiger partial charge in [-0.2, -0.15) is 0 Å². The van der Waals surface area contributed by atoms with E-state index in [1.54, 1.807) is 12.4 Å². The van der Waals surface area contributed by atoms with Crippen molar-refractivity contribution in [2.45, 2.75) is 45.1 Å². The molecule has 1 saturated carbocycles. The molecule has 2 unspecified atom stereocenters. The fourth-order valence-corrected chi connectivity index (χ4v) is 2.57. The molecule has 2 rings (SSSR count). The first kappa shape index (κ1) is 11.8. The molecule has 1 aliphatic rings. The van der Waals surface area contributed by atoms with Gasteiger partial charge in [0.05, 0.1) is 4.47 Å². The molecule has 4 heteroatoms. The molecule has 0 saturated heterocycles. The lowest BCUT2D eigenvalue weighted by Gasteiger charge is -2.28. The second-order valence-electron chi connectivity index (χ2n) is 4.51. The van der Waals surface area contributed by atoms with E-state index in [-0.39, 0.29) is 0 Å². The topological polar surface area (TPSA) is 37.8 Å². The third-order valence-corrected chi connectivity index (χ3v) is 3.72. The zero-order valence-corrected chi connectivity index (χ0v) is 11.2. The molecule has 1 fully saturated rings. The van der Waals surface area contributed by atoms with Crippen molar-refractivity contribution >= 4 is 21.9 Å². The summed E-state index contributed by atoms with van der Waals surface area (Å²) < 4.78 is 0.924. The zero-order chi connectivity index (χ0) is 11.4. The van der Waals surface area contributed by atoms with Gasteiger partial charge in [-0.15, -0.1) is 0 Å². The van der Waals surface area contributed by atoms with Gasteiger partial charge in [-0.1, -0.05) is 26.2 Å². The van der Waals surface area contributed by atoms with E-state index in [4.69, 9.17) is 0 Å². The van der Waals surface area contributed by atoms with Gasteiger partial charge in [0.2, 0.25) is 5.95 Å². The molecule has 0 spiro atoms. The van der Waals surface area contributed by atoms with Gasteiger partial charge in [-0.05, 0) is 34.7 Å². The first-order chi connectivity index (χ1) is 7.78. The maximum atomic E-state index is 4.25. The van der Waals surface area contributed by atoms with Crippen molar-refractivity contribution < 1.29 is 0 Å². The molecule has 2 atom stereocenters. The summed E-state index contributed by atoms with van der Waals surface area (Å²) in [4.78, 5) is 8.51. The van der Waals surface area contributed by atoms with Crippen LogP contribution in [0.2, 0.25) is 0 Å². The van der Waals surface area contributed by atoms with Gasteiger partial charge in [0.1, 0.15) is 0 Å². The molecule has 1 N–H and O–H groups in total. The smallest absolute Gasteiger partial charge is 0.222 e. The van der Waals surface area contributed by atoms with E-state index < -0.39 is 0 Å². The number of anilines is 1. The molecular formula is C12H18BrN3. The standard InChI is InChI=1S/C12H18BrN3/c1-2-9-4-3-5-11(6-9)16-12-14-7-10(13)8-15-12/h7-9,11H,2-6H2,1H3,(H,14,15,16). The maximum absolute atomic E-state index is 4.25. The molecule has 1 aromatic heterocycles. The molecule has 1 heterocycles. The number of aromatic nitrogens is 2. The second kappa shape index (κ2) is 5.62. The minimum absolute atomic E-state index is 0.555. The molecule has 3 nitrogen and oxygen atoms in total. The summed E-state index contributed by atoms with van der Waals surface area (Å²) in [5, 5.41) is 3.43. The predicted molar refractivity (Wildman–Crippen MR) is 69.4 cm³/mol. The molecule has 0 aliphatic heterocycles. The fourth-order valence-electron chi connectivity index (χ4n) is 2.36. The number of hydrogen-bond donors (Lipinski definition) is 1. The van der Waals surface area contributed by atoms with Crippen molar-refractivity contribution in [3.05, 3.63) is 16.9 Å². The largest absolute Gasteiger partial charge is 0.351 e. The molecule has 0 radical (unpaired) electrons. The Kier molecular flexibility index (Phi) is 4.16. The second-order valence-corrected chi connectivity index (χ2v) is 5.42. The van der Waals surface area contributed by atoms with E-state index in [1.165, 1.54) is 32.1 Å². The molecular weight excluding hydrogens is 266 g/mol. The van der Waals surface area contributed by atoms with Crippen LogP contribution in [0.3, 0.4) is 0 Å². The zero-order valence-electron chi connectivity index (χ0n) is 9.62. The molecule has 1 aromatic rings. The monoisotopic (exact) mass is 283 g/mol. The van der Waals surface area contributed by atoms with Gasteiger partial charge in [-0.25, -0.2) is 9.97 Å². The van der Waals surface area contributed by atoms with Crippen molar-refractivity contribution in [1.29, 1.82) is 0 Å². The van der Waals surface area contributed by atoms with E-state index in [2.05, 4.69) is 38.1 Å². The van der Waals surface area contributed by atoms with Crippen LogP contribution in [-0.4, -0.2) is 16.0 Å². The van der Waals surface area contributed by atoms with Crippen molar-refractivity contribution in [3.63, 3.8) is 0 Å². The molecule has 0 aromatic carbocycles. The summed E-state index contributed by atoms with van der Waals surface area (Å²) in [6.45, 7) is 2.28. The Morgan fingerprint density at radius 1 is 1.38 bits per heavy atom. The van der Waals surface area contributed by atoms with Crippen LogP contribution < -0.4 is 5.32 Å². The number of halogens is 1. The van der Waals surface area contributed by atoms with E-state index in [0.29, 0.717) is 6.04 Å². The average molecular weight is 284 g/mol. The van der Waals surface area contributed by atoms with Crippen molar-refractivity contribution in [3.8, 4) is 0 Å². The summed E-state index contributed by atoms with van der Waals surface area (Å²) in [7, 11) is 0. The molecule has 16 heavy (non-hydrogen) atoms. The Morgan fingerprint density at radius 2 is 2.12 bits per heavy atom. The summed E-state index contributed by atoms with van der Waals surface area (Å²) in [6, 6.07) is 0.555. The van der Waals surface area contributed by atoms with Crippen molar-refractivity contribution in [1.82, 2.24) is 9.97 Å². The minimum Gasteiger partial charge on any atom is -0.351 e. The first-order valence-electron chi connectivity index (χ1n) is 6.02. The van der Waals surface area contributed by atoms with Gasteiger partial charge in [0.25, 0.3) is 0 Å². The SMILES string of the molecule is CCC1CCCC(Nc2ncc(Br)cn2)C1. The summed E-state index contributed by atoms with van der Waals surface area (Å²) >= 11 is 3.34. The van der Waals surface area contributed by atoms with Gasteiger partial charge in [0, 0.05) is 18.4 Å². The van der Waals surface area contributed by atoms with Crippen LogP contribution in [0.1, 0.15) is 39.0 Å². The Balaban J connectivity index is 1.91. The highest BCUT2D eigenvalue weighted by atomic mass is 79.9. The number of rotatable bonds is 3. The van der Waals surface area contributed by atoms with Crippen LogP contribution in [0.25, 0.3) is 0 Å². The first-order valence-corrected chi connectivity index (χ1v) is 6.81. The predicted octanol–water partition coefficient (Wildman–Crippen LogP) is 3.62. The van der Waals surface area contributed by atoms with E-state index in [0.717, 1.165) is 16.3 Å². The van der Waals surface area contributed by atoms with Gasteiger partial charge in [-0.3, -0.25) is 0 Å². The molecule has 0 amide bonds. The van der Waals surface area contributed by atoms with E-state index in [9.17, 15) is 0 Å². The number of hydrogen-bond acceptors (Lipinski definition) is 3. The van der Waals surface area contributed by atoms with Crippen LogP contribution in [0.5, 0.6) is 0 Å². The van der Waals surface area contributed by atoms with Gasteiger partial charge >= 0.3 is 0 Å². The summed E-state index contributed by atoms with van der Waals surface area (Å²) in [5.41, 5.74) is 0. The van der Waals surface area contributed by atoms with Crippen LogP contribution >= 0.6 is 15.9 Å². The van der Waals surface area contributed by atoms with Crippen LogP contribution in [-0.2, 0) is 0 Å². The number of nitrogens with zero attached hydrogens (tertiary/aromatic N) is 2. The highest BCUT2D eigenvalue weighted by Crippen LogP contribution is 2.27. The van der Waals surface area contributed by atoms with Gasteiger partial charge < -0.3 is 5.32 Å². The van der Waals surface area contributed by atoms with Crippen molar-refractivity contribution in [2.24, 2.45) is 5.92 Å². The lowest BCUT2D eigenvalue weighted by atomic mass is 9.84.